The number of hydrogen-bond acceptors (Lipinski definition) is 9. The highest BCUT2D eigenvalue weighted by atomic mass is 19.4. The van der Waals surface area contributed by atoms with Gasteiger partial charge in [-0.3, -0.25) is 10.2 Å². The van der Waals surface area contributed by atoms with Gasteiger partial charge in [0.25, 0.3) is 5.91 Å². The molecule has 0 aliphatic carbocycles. The number of hydrogen-bond donors (Lipinski definition) is 4. The van der Waals surface area contributed by atoms with Crippen molar-refractivity contribution in [3.8, 4) is 5.75 Å². The molecule has 3 heterocycles. The van der Waals surface area contributed by atoms with Crippen molar-refractivity contribution in [1.29, 1.82) is 0 Å². The summed E-state index contributed by atoms with van der Waals surface area (Å²) in [7, 11) is 0. The van der Waals surface area contributed by atoms with E-state index >= 15 is 0 Å². The second-order valence-electron chi connectivity index (χ2n) is 8.41. The fourth-order valence-corrected chi connectivity index (χ4v) is 4.08. The lowest BCUT2D eigenvalue weighted by atomic mass is 10.1. The quantitative estimate of drug-likeness (QED) is 0.499. The third-order valence-corrected chi connectivity index (χ3v) is 5.98. The molecule has 0 spiro atoms. The summed E-state index contributed by atoms with van der Waals surface area (Å²) in [6, 6.07) is 12.5. The van der Waals surface area contributed by atoms with E-state index in [-0.39, 0.29) is 12.6 Å². The Bertz CT molecular complexity index is 1130. The molecule has 0 radical (unpaired) electrons. The normalized spacial score (nSPS) is 22.2. The molecule has 1 amide bonds. The van der Waals surface area contributed by atoms with Crippen molar-refractivity contribution in [2.45, 2.75) is 31.3 Å². The molecule has 2 aromatic rings. The number of benzene rings is 2. The molecule has 2 saturated heterocycles. The monoisotopic (exact) mass is 492 g/mol. The van der Waals surface area contributed by atoms with Crippen LogP contribution in [0.5, 0.6) is 5.75 Å². The third-order valence-electron chi connectivity index (χ3n) is 5.98. The number of nitrogens with zero attached hydrogens (tertiary/aromatic N) is 2. The second-order valence-corrected chi connectivity index (χ2v) is 8.41. The van der Waals surface area contributed by atoms with Crippen molar-refractivity contribution in [2.75, 3.05) is 35.2 Å². The van der Waals surface area contributed by atoms with Gasteiger partial charge >= 0.3 is 12.1 Å². The summed E-state index contributed by atoms with van der Waals surface area (Å²) in [4.78, 5) is 30.1. The molecule has 4 N–H and O–H groups in total. The predicted molar refractivity (Wildman–Crippen MR) is 120 cm³/mol. The third kappa shape index (κ3) is 4.51. The van der Waals surface area contributed by atoms with Crippen LogP contribution in [0.2, 0.25) is 0 Å². The number of rotatable bonds is 5. The number of anilines is 4. The number of carbonyl (C=O) groups is 2. The predicted octanol–water partition coefficient (Wildman–Crippen LogP) is 2.09. The van der Waals surface area contributed by atoms with Crippen LogP contribution in [0, 0.1) is 0 Å². The van der Waals surface area contributed by atoms with E-state index in [1.165, 1.54) is 0 Å². The summed E-state index contributed by atoms with van der Waals surface area (Å²) >= 11 is 0. The number of fused-ring (bicyclic) bond motifs is 3. The number of ether oxygens (including phenoxy) is 1. The topological polar surface area (TPSA) is 107 Å². The Hall–Kier alpha value is -3.71. The Morgan fingerprint density at radius 2 is 1.91 bits per heavy atom. The number of amides is 1. The van der Waals surface area contributed by atoms with Gasteiger partial charge in [0.05, 0.1) is 23.1 Å². The average Bonchev–Trinajstić information content (AvgIpc) is 2.79. The number of para-hydroxylation sites is 1. The Morgan fingerprint density at radius 3 is 2.57 bits per heavy atom. The van der Waals surface area contributed by atoms with Crippen LogP contribution in [-0.4, -0.2) is 61.2 Å². The molecule has 186 valence electrons. The Morgan fingerprint density at radius 1 is 1.17 bits per heavy atom. The van der Waals surface area contributed by atoms with Gasteiger partial charge in [-0.2, -0.15) is 13.2 Å². The lowest BCUT2D eigenvalue weighted by Crippen LogP contribution is -2.70. The molecule has 5 rings (SSSR count). The molecule has 2 unspecified atom stereocenters. The molecule has 0 bridgehead atoms. The van der Waals surface area contributed by atoms with Gasteiger partial charge in [-0.15, -0.1) is 0 Å². The van der Waals surface area contributed by atoms with Gasteiger partial charge in [0.2, 0.25) is 0 Å². The number of carbonyl (C=O) groups excluding carboxylic acids is 2. The lowest BCUT2D eigenvalue weighted by Gasteiger charge is -2.48. The zero-order valence-electron chi connectivity index (χ0n) is 18.6. The number of alkyl halides is 3. The number of hydrazine groups is 1. The van der Waals surface area contributed by atoms with Gasteiger partial charge in [0.15, 0.2) is 6.17 Å². The van der Waals surface area contributed by atoms with E-state index in [0.717, 1.165) is 30.2 Å². The molecule has 13 heteroatoms. The van der Waals surface area contributed by atoms with Crippen LogP contribution in [0.25, 0.3) is 0 Å². The first kappa shape index (κ1) is 23.1. The summed E-state index contributed by atoms with van der Waals surface area (Å²) < 4.78 is 44.3. The van der Waals surface area contributed by atoms with E-state index in [2.05, 4.69) is 26.2 Å². The van der Waals surface area contributed by atoms with E-state index in [9.17, 15) is 22.8 Å². The van der Waals surface area contributed by atoms with Crippen LogP contribution in [0.3, 0.4) is 0 Å². The molecule has 3 aliphatic heterocycles. The lowest BCUT2D eigenvalue weighted by molar-refractivity contribution is -0.265. The van der Waals surface area contributed by atoms with Crippen molar-refractivity contribution >= 4 is 34.6 Å². The Labute approximate surface area is 198 Å². The molecule has 2 fully saturated rings. The average molecular weight is 492 g/mol. The fraction of sp³-hybridized carbons (Fsp3) is 0.364. The molecule has 10 nitrogen and oxygen atoms in total. The molecule has 0 saturated carbocycles. The van der Waals surface area contributed by atoms with Crippen LogP contribution in [0.15, 0.2) is 42.5 Å². The van der Waals surface area contributed by atoms with E-state index in [1.807, 2.05) is 30.3 Å². The van der Waals surface area contributed by atoms with Crippen molar-refractivity contribution in [2.24, 2.45) is 0 Å². The Kier molecular flexibility index (Phi) is 5.81. The number of halogens is 3. The molecule has 2 atom stereocenters. The molecule has 2 aromatic carbocycles. The molecular formula is C22H23F3N6O4. The molecule has 3 aliphatic rings. The second kappa shape index (κ2) is 8.82. The highest BCUT2D eigenvalue weighted by Gasteiger charge is 2.49. The van der Waals surface area contributed by atoms with E-state index in [1.54, 1.807) is 24.0 Å². The van der Waals surface area contributed by atoms with Crippen LogP contribution in [-0.2, 0) is 14.4 Å². The first-order chi connectivity index (χ1) is 16.7. The summed E-state index contributed by atoms with van der Waals surface area (Å²) in [5, 5.41) is 10.5. The minimum Gasteiger partial charge on any atom is -0.488 e. The van der Waals surface area contributed by atoms with Crippen molar-refractivity contribution in [3.63, 3.8) is 0 Å². The van der Waals surface area contributed by atoms with Gasteiger partial charge in [0.1, 0.15) is 18.4 Å². The van der Waals surface area contributed by atoms with Gasteiger partial charge in [0, 0.05) is 24.8 Å². The fourth-order valence-electron chi connectivity index (χ4n) is 4.08. The van der Waals surface area contributed by atoms with E-state index < -0.39 is 30.3 Å². The smallest absolute Gasteiger partial charge is 0.488 e. The first-order valence-corrected chi connectivity index (χ1v) is 11.0. The summed E-state index contributed by atoms with van der Waals surface area (Å²) in [6.07, 6.45) is -6.23. The van der Waals surface area contributed by atoms with Crippen LogP contribution in [0.1, 0.15) is 6.92 Å². The molecule has 35 heavy (non-hydrogen) atoms. The largest absolute Gasteiger partial charge is 0.492 e. The van der Waals surface area contributed by atoms with Crippen LogP contribution >= 0.6 is 0 Å². The van der Waals surface area contributed by atoms with E-state index in [4.69, 9.17) is 4.74 Å². The van der Waals surface area contributed by atoms with Crippen LogP contribution in [0.4, 0.5) is 35.9 Å². The minimum absolute atomic E-state index is 0.160. The zero-order valence-corrected chi connectivity index (χ0v) is 18.6. The standard InChI is InChI=1S/C22H23F3N6O4/c1-12-20(32)29-31(35-21(33)22(23,24)25)19-11-34-18-8-16(27-13-5-3-2-4-6-13)15(7-17(18)30(12)19)28-14-9-26-10-14/h2-8,12,14,19,26-28H,9-11H2,1H3,(H,29,32). The van der Waals surface area contributed by atoms with Gasteiger partial charge in [-0.1, -0.05) is 18.2 Å². The summed E-state index contributed by atoms with van der Waals surface area (Å²) in [5.41, 5.74) is 4.99. The van der Waals surface area contributed by atoms with Crippen molar-refractivity contribution < 1.29 is 32.3 Å². The molecule has 0 aromatic heterocycles. The maximum Gasteiger partial charge on any atom is 0.492 e. The summed E-state index contributed by atoms with van der Waals surface area (Å²) in [5.74, 6) is -2.64. The SMILES string of the molecule is CC1C(=O)NN(OC(=O)C(F)(F)F)C2COc3cc(Nc4ccccc4)c(NC4CNC4)cc3N12. The number of nitrogens with one attached hydrogen (secondary N) is 4. The van der Waals surface area contributed by atoms with E-state index in [0.29, 0.717) is 16.6 Å². The maximum absolute atomic E-state index is 12.8. The van der Waals surface area contributed by atoms with Crippen molar-refractivity contribution in [1.82, 2.24) is 15.9 Å². The Balaban J connectivity index is 1.50. The highest BCUT2D eigenvalue weighted by Crippen LogP contribution is 2.44. The molecular weight excluding hydrogens is 469 g/mol. The first-order valence-electron chi connectivity index (χ1n) is 11.0. The maximum atomic E-state index is 12.8. The van der Waals surface area contributed by atoms with Gasteiger partial charge in [-0.05, 0) is 30.3 Å². The van der Waals surface area contributed by atoms with Crippen molar-refractivity contribution in [3.05, 3.63) is 42.5 Å². The minimum atomic E-state index is -5.22. The van der Waals surface area contributed by atoms with Gasteiger partial charge < -0.3 is 30.4 Å². The number of hydroxylamine groups is 1. The van der Waals surface area contributed by atoms with Gasteiger partial charge in [-0.25, -0.2) is 4.79 Å². The zero-order chi connectivity index (χ0) is 24.7. The summed E-state index contributed by atoms with van der Waals surface area (Å²) in [6.45, 7) is 2.99. The van der Waals surface area contributed by atoms with Crippen LogP contribution < -0.4 is 31.0 Å². The highest BCUT2D eigenvalue weighted by molar-refractivity contribution is 5.89.